The number of carbonyl (C=O) groups excluding carboxylic acids is 1. The van der Waals surface area contributed by atoms with Gasteiger partial charge < -0.3 is 4.74 Å². The van der Waals surface area contributed by atoms with Crippen LogP contribution in [-0.4, -0.2) is 57.5 Å². The Hall–Kier alpha value is -2.41. The second-order valence-corrected chi connectivity index (χ2v) is 7.35. The van der Waals surface area contributed by atoms with Gasteiger partial charge >= 0.3 is 6.09 Å². The maximum Gasteiger partial charge on any atom is 0.410 e. The first-order chi connectivity index (χ1) is 13.0. The molecule has 2 fully saturated rings. The maximum atomic E-state index is 13.0. The number of benzene rings is 1. The van der Waals surface area contributed by atoms with Crippen molar-refractivity contribution in [2.24, 2.45) is 0 Å². The zero-order valence-electron chi connectivity index (χ0n) is 15.8. The molecule has 27 heavy (non-hydrogen) atoms. The minimum atomic E-state index is -0.243. The van der Waals surface area contributed by atoms with Crippen molar-refractivity contribution in [1.29, 1.82) is 0 Å². The van der Waals surface area contributed by atoms with Gasteiger partial charge in [-0.15, -0.1) is 0 Å². The zero-order valence-corrected chi connectivity index (χ0v) is 15.8. The molecular weight excluding hydrogens is 347 g/mol. The molecule has 0 bridgehead atoms. The number of aromatic nitrogens is 2. The van der Waals surface area contributed by atoms with Crippen molar-refractivity contribution in [3.63, 3.8) is 0 Å². The van der Waals surface area contributed by atoms with Gasteiger partial charge in [0.1, 0.15) is 11.9 Å². The van der Waals surface area contributed by atoms with Gasteiger partial charge in [0, 0.05) is 44.5 Å². The number of rotatable bonds is 6. The molecule has 2 saturated heterocycles. The van der Waals surface area contributed by atoms with Crippen molar-refractivity contribution >= 4 is 6.09 Å². The smallest absolute Gasteiger partial charge is 0.410 e. The Balaban J connectivity index is 1.37. The summed E-state index contributed by atoms with van der Waals surface area (Å²) < 4.78 is 20.6. The van der Waals surface area contributed by atoms with Gasteiger partial charge in [-0.05, 0) is 38.0 Å². The molecule has 0 unspecified atom stereocenters. The summed E-state index contributed by atoms with van der Waals surface area (Å²) in [6.45, 7) is 7.94. The molecule has 2 aromatic rings. The number of nitrogens with zero attached hydrogens (tertiary/aromatic N) is 4. The summed E-state index contributed by atoms with van der Waals surface area (Å²) in [6.07, 6.45) is 2.48. The van der Waals surface area contributed by atoms with E-state index < -0.39 is 0 Å². The third-order valence-electron chi connectivity index (χ3n) is 5.52. The van der Waals surface area contributed by atoms with Crippen molar-refractivity contribution in [3.8, 4) is 0 Å². The summed E-state index contributed by atoms with van der Waals surface area (Å²) in [5, 5.41) is 4.51. The van der Waals surface area contributed by atoms with Crippen LogP contribution in [0.5, 0.6) is 0 Å². The Morgan fingerprint density at radius 2 is 2.04 bits per heavy atom. The van der Waals surface area contributed by atoms with Crippen molar-refractivity contribution in [1.82, 2.24) is 19.6 Å². The van der Waals surface area contributed by atoms with E-state index >= 15 is 0 Å². The fraction of sp³-hybridized carbons (Fsp3) is 0.500. The van der Waals surface area contributed by atoms with Crippen LogP contribution < -0.4 is 0 Å². The van der Waals surface area contributed by atoms with Gasteiger partial charge in [0.25, 0.3) is 0 Å². The number of carbonyl (C=O) groups is 1. The van der Waals surface area contributed by atoms with Crippen LogP contribution in [0.4, 0.5) is 9.18 Å². The number of hydrogen-bond donors (Lipinski definition) is 0. The van der Waals surface area contributed by atoms with Gasteiger partial charge in [-0.25, -0.2) is 9.18 Å². The molecule has 0 spiro atoms. The summed E-state index contributed by atoms with van der Waals surface area (Å²) in [5.74, 6) is -0.243. The van der Waals surface area contributed by atoms with E-state index in [9.17, 15) is 9.18 Å². The molecule has 1 aromatic heterocycles. The van der Waals surface area contributed by atoms with Gasteiger partial charge in [0.2, 0.25) is 0 Å². The van der Waals surface area contributed by atoms with Gasteiger partial charge in [0.05, 0.1) is 11.7 Å². The normalized spacial score (nSPS) is 22.3. The van der Waals surface area contributed by atoms with Gasteiger partial charge in [-0.1, -0.05) is 12.1 Å². The second kappa shape index (κ2) is 7.31. The van der Waals surface area contributed by atoms with Crippen LogP contribution >= 0.6 is 0 Å². The lowest BCUT2D eigenvalue weighted by atomic mass is 10.1. The minimum absolute atomic E-state index is 0.0766. The van der Waals surface area contributed by atoms with Crippen molar-refractivity contribution < 1.29 is 13.9 Å². The first-order valence-electron chi connectivity index (χ1n) is 9.50. The highest BCUT2D eigenvalue weighted by atomic mass is 19.1. The molecule has 2 atom stereocenters. The van der Waals surface area contributed by atoms with Crippen LogP contribution in [0.3, 0.4) is 0 Å². The molecule has 4 rings (SSSR count). The molecule has 1 amide bonds. The molecule has 0 saturated carbocycles. The molecule has 0 N–H and O–H groups in total. The van der Waals surface area contributed by atoms with E-state index in [2.05, 4.69) is 23.1 Å². The van der Waals surface area contributed by atoms with Crippen LogP contribution in [0.2, 0.25) is 0 Å². The summed E-state index contributed by atoms with van der Waals surface area (Å²) in [6, 6.07) is 6.53. The monoisotopic (exact) mass is 372 g/mol. The highest BCUT2D eigenvalue weighted by Crippen LogP contribution is 2.28. The van der Waals surface area contributed by atoms with Gasteiger partial charge in [-0.2, -0.15) is 5.10 Å². The molecule has 1 aromatic carbocycles. The van der Waals surface area contributed by atoms with Crippen LogP contribution in [0.25, 0.3) is 0 Å². The maximum absolute atomic E-state index is 13.0. The fourth-order valence-electron chi connectivity index (χ4n) is 3.98. The number of aryl methyl sites for hydroxylation is 2. The first-order valence-corrected chi connectivity index (χ1v) is 9.50. The Bertz CT molecular complexity index is 820. The quantitative estimate of drug-likeness (QED) is 0.782. The Labute approximate surface area is 158 Å². The number of halogens is 1. The zero-order chi connectivity index (χ0) is 19.0. The van der Waals surface area contributed by atoms with Crippen LogP contribution in [0.15, 0.2) is 30.5 Å². The lowest BCUT2D eigenvalue weighted by molar-refractivity contribution is 0.120. The predicted octanol–water partition coefficient (Wildman–Crippen LogP) is 2.60. The number of amides is 1. The highest BCUT2D eigenvalue weighted by Gasteiger charge is 2.47. The van der Waals surface area contributed by atoms with E-state index in [-0.39, 0.29) is 24.1 Å². The molecule has 6 nitrogen and oxygen atoms in total. The summed E-state index contributed by atoms with van der Waals surface area (Å²) in [5.41, 5.74) is 3.30. The summed E-state index contributed by atoms with van der Waals surface area (Å²) >= 11 is 0. The molecule has 144 valence electrons. The van der Waals surface area contributed by atoms with E-state index in [0.29, 0.717) is 13.0 Å². The first kappa shape index (κ1) is 18.0. The van der Waals surface area contributed by atoms with E-state index in [1.54, 1.807) is 12.1 Å². The Morgan fingerprint density at radius 3 is 2.74 bits per heavy atom. The molecular formula is C20H25FN4O2. The molecule has 3 heterocycles. The number of ether oxygens (including phenoxy) is 1. The number of likely N-dealkylation sites (tertiary alicyclic amines) is 1. The highest BCUT2D eigenvalue weighted by molar-refractivity contribution is 5.71. The lowest BCUT2D eigenvalue weighted by Gasteiger charge is -2.22. The van der Waals surface area contributed by atoms with E-state index in [0.717, 1.165) is 37.4 Å². The fourth-order valence-corrected chi connectivity index (χ4v) is 3.98. The minimum Gasteiger partial charge on any atom is -0.442 e. The van der Waals surface area contributed by atoms with Crippen molar-refractivity contribution in [3.05, 3.63) is 53.1 Å². The van der Waals surface area contributed by atoms with Gasteiger partial charge in [-0.3, -0.25) is 14.5 Å². The SMILES string of the molecule is CCn1cc(CN2C[C@H]3OC(=O)N(CCc4ccc(F)cc4)[C@H]3C2)c(C)n1. The number of fused-ring (bicyclic) bond motifs is 1. The largest absolute Gasteiger partial charge is 0.442 e. The average Bonchev–Trinajstić information content (AvgIpc) is 3.28. The van der Waals surface area contributed by atoms with E-state index in [1.807, 2.05) is 16.5 Å². The number of hydrogen-bond acceptors (Lipinski definition) is 4. The molecule has 2 aliphatic rings. The topological polar surface area (TPSA) is 50.6 Å². The van der Waals surface area contributed by atoms with Crippen LogP contribution in [0.1, 0.15) is 23.7 Å². The van der Waals surface area contributed by atoms with Crippen molar-refractivity contribution in [2.45, 2.75) is 45.5 Å². The van der Waals surface area contributed by atoms with Crippen LogP contribution in [0, 0.1) is 12.7 Å². The predicted molar refractivity (Wildman–Crippen MR) is 98.8 cm³/mol. The van der Waals surface area contributed by atoms with E-state index in [4.69, 9.17) is 4.74 Å². The molecule has 2 aliphatic heterocycles. The standard InChI is InChI=1S/C20H25FN4O2/c1-3-24-11-16(14(2)22-24)10-23-12-18-19(13-23)27-20(26)25(18)9-8-15-4-6-17(21)7-5-15/h4-7,11,18-19H,3,8-10,12-13H2,1-2H3/t18-,19+/m0/s1. The molecule has 0 radical (unpaired) electrons. The summed E-state index contributed by atoms with van der Waals surface area (Å²) in [4.78, 5) is 16.4. The second-order valence-electron chi connectivity index (χ2n) is 7.35. The third-order valence-corrected chi connectivity index (χ3v) is 5.52. The van der Waals surface area contributed by atoms with E-state index in [1.165, 1.54) is 17.7 Å². The lowest BCUT2D eigenvalue weighted by Crippen LogP contribution is -2.39. The third kappa shape index (κ3) is 3.69. The Kier molecular flexibility index (Phi) is 4.86. The summed E-state index contributed by atoms with van der Waals surface area (Å²) in [7, 11) is 0. The van der Waals surface area contributed by atoms with Gasteiger partial charge in [0.15, 0.2) is 0 Å². The Morgan fingerprint density at radius 1 is 1.26 bits per heavy atom. The van der Waals surface area contributed by atoms with Crippen molar-refractivity contribution in [2.75, 3.05) is 19.6 Å². The average molecular weight is 372 g/mol. The van der Waals surface area contributed by atoms with Crippen LogP contribution in [-0.2, 0) is 24.2 Å². The molecule has 0 aliphatic carbocycles. The molecule has 7 heteroatoms.